The van der Waals surface area contributed by atoms with Crippen molar-refractivity contribution in [3.8, 4) is 0 Å². The lowest BCUT2D eigenvalue weighted by atomic mass is 10.1. The van der Waals surface area contributed by atoms with Gasteiger partial charge in [-0.25, -0.2) is 0 Å². The Kier molecular flexibility index (Phi) is 9.05. The zero-order valence-electron chi connectivity index (χ0n) is 10.8. The van der Waals surface area contributed by atoms with Crippen LogP contribution in [0.2, 0.25) is 6.04 Å². The van der Waals surface area contributed by atoms with Crippen molar-refractivity contribution in [2.45, 2.75) is 64.0 Å². The van der Waals surface area contributed by atoms with Gasteiger partial charge in [0, 0.05) is 18.9 Å². The fraction of sp³-hybridized carbons (Fsp3) is 0.714. The van der Waals surface area contributed by atoms with E-state index in [-0.39, 0.29) is 9.76 Å². The second kappa shape index (κ2) is 10.6. The molecule has 0 unspecified atom stereocenters. The van der Waals surface area contributed by atoms with E-state index in [1.165, 1.54) is 57.9 Å². The SMILES string of the molecule is O[Si]CCCCCCCCCCn1cccc1. The lowest BCUT2D eigenvalue weighted by Gasteiger charge is -2.03. The Labute approximate surface area is 108 Å². The van der Waals surface area contributed by atoms with Gasteiger partial charge in [0.25, 0.3) is 0 Å². The highest BCUT2D eigenvalue weighted by Crippen LogP contribution is 2.10. The quantitative estimate of drug-likeness (QED) is 0.471. The minimum Gasteiger partial charge on any atom is -0.432 e. The Morgan fingerprint density at radius 2 is 1.29 bits per heavy atom. The first-order valence-corrected chi connectivity index (χ1v) is 8.06. The molecule has 0 bridgehead atoms. The van der Waals surface area contributed by atoms with Crippen LogP contribution in [0.4, 0.5) is 0 Å². The molecule has 0 atom stereocenters. The molecule has 0 spiro atoms. The lowest BCUT2D eigenvalue weighted by Crippen LogP contribution is -1.93. The van der Waals surface area contributed by atoms with Crippen LogP contribution in [0.25, 0.3) is 0 Å². The summed E-state index contributed by atoms with van der Waals surface area (Å²) in [6.45, 7) is 1.17. The Morgan fingerprint density at radius 3 is 1.88 bits per heavy atom. The first kappa shape index (κ1) is 14.5. The van der Waals surface area contributed by atoms with Gasteiger partial charge in [0.15, 0.2) is 0 Å². The molecule has 2 nitrogen and oxygen atoms in total. The largest absolute Gasteiger partial charge is 0.432 e. The predicted molar refractivity (Wildman–Crippen MR) is 74.1 cm³/mol. The molecule has 0 aromatic carbocycles. The van der Waals surface area contributed by atoms with Gasteiger partial charge in [0.05, 0.1) is 0 Å². The fourth-order valence-electron chi connectivity index (χ4n) is 2.08. The summed E-state index contributed by atoms with van der Waals surface area (Å²) in [5, 5.41) is 0. The van der Waals surface area contributed by atoms with E-state index < -0.39 is 0 Å². The summed E-state index contributed by atoms with van der Waals surface area (Å²) in [6, 6.07) is 5.19. The van der Waals surface area contributed by atoms with E-state index >= 15 is 0 Å². The van der Waals surface area contributed by atoms with E-state index in [1.54, 1.807) is 0 Å². The van der Waals surface area contributed by atoms with E-state index in [0.717, 1.165) is 6.04 Å². The van der Waals surface area contributed by atoms with Crippen LogP contribution in [0.3, 0.4) is 0 Å². The van der Waals surface area contributed by atoms with Gasteiger partial charge < -0.3 is 9.36 Å². The first-order chi connectivity index (χ1) is 8.43. The van der Waals surface area contributed by atoms with Crippen molar-refractivity contribution in [3.63, 3.8) is 0 Å². The van der Waals surface area contributed by atoms with E-state index in [9.17, 15) is 0 Å². The smallest absolute Gasteiger partial charge is 0.224 e. The third-order valence-electron chi connectivity index (χ3n) is 3.12. The van der Waals surface area contributed by atoms with E-state index in [4.69, 9.17) is 4.80 Å². The first-order valence-electron chi connectivity index (χ1n) is 6.91. The lowest BCUT2D eigenvalue weighted by molar-refractivity contribution is 0.541. The second-order valence-corrected chi connectivity index (χ2v) is 5.47. The van der Waals surface area contributed by atoms with Crippen LogP contribution in [0.5, 0.6) is 0 Å². The monoisotopic (exact) mass is 251 g/mol. The molecule has 0 aliphatic heterocycles. The summed E-state index contributed by atoms with van der Waals surface area (Å²) in [7, 11) is 0.156. The maximum Gasteiger partial charge on any atom is 0.224 e. The molecule has 96 valence electrons. The molecule has 0 amide bonds. The highest BCUT2D eigenvalue weighted by atomic mass is 28.2. The number of hydrogen-bond donors (Lipinski definition) is 1. The molecule has 1 heterocycles. The molecule has 3 heteroatoms. The van der Waals surface area contributed by atoms with Crippen LogP contribution in [-0.2, 0) is 6.54 Å². The van der Waals surface area contributed by atoms with Crippen molar-refractivity contribution < 1.29 is 4.80 Å². The molecule has 0 aliphatic rings. The third kappa shape index (κ3) is 8.22. The molecule has 17 heavy (non-hydrogen) atoms. The molecule has 0 saturated carbocycles. The summed E-state index contributed by atoms with van der Waals surface area (Å²) in [5.74, 6) is 0. The van der Waals surface area contributed by atoms with Crippen LogP contribution in [0, 0.1) is 0 Å². The number of nitrogens with zero attached hydrogens (tertiary/aromatic N) is 1. The number of hydrogen-bond acceptors (Lipinski definition) is 1. The average molecular weight is 251 g/mol. The summed E-state index contributed by atoms with van der Waals surface area (Å²) in [4.78, 5) is 8.67. The summed E-state index contributed by atoms with van der Waals surface area (Å²) < 4.78 is 2.26. The zero-order chi connectivity index (χ0) is 12.2. The van der Waals surface area contributed by atoms with Crippen molar-refractivity contribution >= 4 is 9.76 Å². The molecule has 1 aromatic rings. The van der Waals surface area contributed by atoms with Crippen LogP contribution >= 0.6 is 0 Å². The number of rotatable bonds is 11. The summed E-state index contributed by atoms with van der Waals surface area (Å²) in [5.41, 5.74) is 0. The number of aromatic nitrogens is 1. The predicted octanol–water partition coefficient (Wildman–Crippen LogP) is 3.64. The Balaban J connectivity index is 1.76. The van der Waals surface area contributed by atoms with Gasteiger partial charge in [-0.3, -0.25) is 0 Å². The van der Waals surface area contributed by atoms with Crippen molar-refractivity contribution in [1.29, 1.82) is 0 Å². The van der Waals surface area contributed by atoms with Crippen molar-refractivity contribution in [1.82, 2.24) is 4.57 Å². The van der Waals surface area contributed by atoms with Crippen LogP contribution in [0.1, 0.15) is 51.4 Å². The molecular weight excluding hydrogens is 226 g/mol. The van der Waals surface area contributed by atoms with Gasteiger partial charge in [-0.2, -0.15) is 0 Å². The minimum absolute atomic E-state index is 0.156. The van der Waals surface area contributed by atoms with Gasteiger partial charge in [-0.1, -0.05) is 44.9 Å². The van der Waals surface area contributed by atoms with Crippen LogP contribution in [0.15, 0.2) is 24.5 Å². The molecule has 0 fully saturated rings. The highest BCUT2D eigenvalue weighted by molar-refractivity contribution is 6.25. The molecule has 2 radical (unpaired) electrons. The Hall–Kier alpha value is -0.543. The second-order valence-electron chi connectivity index (χ2n) is 4.66. The molecule has 0 saturated heterocycles. The molecule has 1 N–H and O–H groups in total. The van der Waals surface area contributed by atoms with Crippen molar-refractivity contribution in [2.75, 3.05) is 0 Å². The van der Waals surface area contributed by atoms with Crippen molar-refractivity contribution in [3.05, 3.63) is 24.5 Å². The van der Waals surface area contributed by atoms with Gasteiger partial charge in [0.2, 0.25) is 9.76 Å². The topological polar surface area (TPSA) is 25.2 Å². The number of unbranched alkanes of at least 4 members (excludes halogenated alkanes) is 7. The van der Waals surface area contributed by atoms with Crippen LogP contribution < -0.4 is 0 Å². The Morgan fingerprint density at radius 1 is 0.765 bits per heavy atom. The fourth-order valence-corrected chi connectivity index (χ4v) is 2.49. The summed E-state index contributed by atoms with van der Waals surface area (Å²) >= 11 is 0. The van der Waals surface area contributed by atoms with Gasteiger partial charge in [0.1, 0.15) is 0 Å². The molecule has 1 aromatic heterocycles. The third-order valence-corrected chi connectivity index (χ3v) is 3.70. The van der Waals surface area contributed by atoms with Gasteiger partial charge in [-0.05, 0) is 24.6 Å². The van der Waals surface area contributed by atoms with E-state index in [2.05, 4.69) is 29.1 Å². The van der Waals surface area contributed by atoms with Gasteiger partial charge in [-0.15, -0.1) is 0 Å². The molecule has 1 rings (SSSR count). The molecular formula is C14H25NOSi. The van der Waals surface area contributed by atoms with E-state index in [0.29, 0.717) is 0 Å². The maximum atomic E-state index is 8.67. The van der Waals surface area contributed by atoms with Crippen molar-refractivity contribution in [2.24, 2.45) is 0 Å². The van der Waals surface area contributed by atoms with E-state index in [1.807, 2.05) is 0 Å². The number of aryl methyl sites for hydroxylation is 1. The average Bonchev–Trinajstić information content (AvgIpc) is 2.85. The normalized spacial score (nSPS) is 10.9. The van der Waals surface area contributed by atoms with Crippen LogP contribution in [-0.4, -0.2) is 19.1 Å². The van der Waals surface area contributed by atoms with Gasteiger partial charge >= 0.3 is 0 Å². The highest BCUT2D eigenvalue weighted by Gasteiger charge is 1.93. The minimum atomic E-state index is 0.156. The molecule has 0 aliphatic carbocycles. The standard InChI is InChI=1S/C14H25NOSi/c16-17-14-10-6-4-2-1-3-5-7-11-15-12-8-9-13-15/h8-9,12-13,16H,1-7,10-11,14H2. The zero-order valence-corrected chi connectivity index (χ0v) is 11.8. The Bertz CT molecular complexity index is 249. The summed E-state index contributed by atoms with van der Waals surface area (Å²) in [6.07, 6.45) is 14.9. The maximum absolute atomic E-state index is 8.67.